The van der Waals surface area contributed by atoms with E-state index < -0.39 is 0 Å². The molecule has 0 nitrogen and oxygen atoms in total. The normalized spacial score (nSPS) is 0. The van der Waals surface area contributed by atoms with Crippen LogP contribution < -0.4 is 37.7 Å². The predicted molar refractivity (Wildman–Crippen MR) is 29.5 cm³/mol. The molecule has 0 aromatic carbocycles. The standard InChI is InChI=1S/2Li.Mo.4S/q2*+1;+6;4*-2. The molecule has 0 radical (unpaired) electrons. The molecule has 0 rings (SSSR count). The van der Waals surface area contributed by atoms with Gasteiger partial charge in [0.25, 0.3) is 0 Å². The van der Waals surface area contributed by atoms with Crippen molar-refractivity contribution in [3.05, 3.63) is 0 Å². The van der Waals surface area contributed by atoms with E-state index in [0.717, 1.165) is 0 Å². The average Bonchev–Trinajstić information content (AvgIpc) is 0. The molecule has 7 heteroatoms. The van der Waals surface area contributed by atoms with Crippen LogP contribution in [0.25, 0.3) is 0 Å². The fourth-order valence-corrected chi connectivity index (χ4v) is 0. The summed E-state index contributed by atoms with van der Waals surface area (Å²) in [6.45, 7) is 0. The Balaban J connectivity index is 0. The molecule has 0 aromatic heterocycles. The van der Waals surface area contributed by atoms with Gasteiger partial charge in [0.2, 0.25) is 0 Å². The monoisotopic (exact) mass is 240 g/mol. The minimum absolute atomic E-state index is 0. The molecule has 0 unspecified atom stereocenters. The van der Waals surface area contributed by atoms with Gasteiger partial charge in [-0.3, -0.25) is 0 Å². The van der Waals surface area contributed by atoms with Crippen LogP contribution in [0, 0.1) is 0 Å². The molecule has 0 aliphatic rings. The third-order valence-electron chi connectivity index (χ3n) is 0. The second-order valence-corrected chi connectivity index (χ2v) is 0. The van der Waals surface area contributed by atoms with Gasteiger partial charge in [-0.25, -0.2) is 0 Å². The van der Waals surface area contributed by atoms with Crippen LogP contribution in [0.3, 0.4) is 0 Å². The summed E-state index contributed by atoms with van der Waals surface area (Å²) in [4.78, 5) is 0. The summed E-state index contributed by atoms with van der Waals surface area (Å²) in [7, 11) is 0. The van der Waals surface area contributed by atoms with E-state index in [0.29, 0.717) is 0 Å². The van der Waals surface area contributed by atoms with Crippen LogP contribution in [-0.2, 0) is 75.0 Å². The molecule has 0 bridgehead atoms. The molecular weight excluding hydrogens is 238 g/mol. The maximum Gasteiger partial charge on any atom is 6.00 e. The van der Waals surface area contributed by atoms with Gasteiger partial charge < -0.3 is 54.0 Å². The molecule has 0 N–H and O–H groups in total. The van der Waals surface area contributed by atoms with Crippen LogP contribution in [0.15, 0.2) is 0 Å². The second kappa shape index (κ2) is 59.1. The quantitative estimate of drug-likeness (QED) is 0.369. The van der Waals surface area contributed by atoms with Crippen LogP contribution in [0.1, 0.15) is 0 Å². The van der Waals surface area contributed by atoms with Crippen molar-refractivity contribution in [3.8, 4) is 0 Å². The van der Waals surface area contributed by atoms with Gasteiger partial charge in [-0.1, -0.05) is 0 Å². The van der Waals surface area contributed by atoms with Gasteiger partial charge in [-0.2, -0.15) is 0 Å². The molecule has 0 aliphatic carbocycles. The molecule has 32 valence electrons. The van der Waals surface area contributed by atoms with Gasteiger partial charge in [0.05, 0.1) is 0 Å². The first kappa shape index (κ1) is 82.2. The van der Waals surface area contributed by atoms with Gasteiger partial charge in [-0.15, -0.1) is 0 Å². The Morgan fingerprint density at radius 3 is 0.429 bits per heavy atom. The molecule has 0 spiro atoms. The van der Waals surface area contributed by atoms with E-state index in [1.807, 2.05) is 0 Å². The smallest absolute Gasteiger partial charge is 2.00 e. The van der Waals surface area contributed by atoms with E-state index in [-0.39, 0.29) is 113 Å². The van der Waals surface area contributed by atoms with Crippen molar-refractivity contribution < 1.29 is 58.8 Å². The van der Waals surface area contributed by atoms with Crippen molar-refractivity contribution in [3.63, 3.8) is 0 Å². The zero-order chi connectivity index (χ0) is 0. The Labute approximate surface area is 111 Å². The molecular formula is Li2MoS4. The van der Waals surface area contributed by atoms with E-state index in [1.165, 1.54) is 0 Å². The zero-order valence-electron chi connectivity index (χ0n) is 4.04. The first-order chi connectivity index (χ1) is 0. The number of hydrogen-bond donors (Lipinski definition) is 0. The Morgan fingerprint density at radius 1 is 0.429 bits per heavy atom. The van der Waals surface area contributed by atoms with Gasteiger partial charge in [0.1, 0.15) is 0 Å². The molecule has 0 saturated heterocycles. The summed E-state index contributed by atoms with van der Waals surface area (Å²) in [6.07, 6.45) is 0. The van der Waals surface area contributed by atoms with Crippen LogP contribution in [0.4, 0.5) is 0 Å². The van der Waals surface area contributed by atoms with Crippen LogP contribution in [-0.4, -0.2) is 0 Å². The summed E-state index contributed by atoms with van der Waals surface area (Å²) in [5.41, 5.74) is 0. The summed E-state index contributed by atoms with van der Waals surface area (Å²) in [5.74, 6) is 0. The largest absolute Gasteiger partial charge is 6.00 e. The summed E-state index contributed by atoms with van der Waals surface area (Å²) >= 11 is 0. The van der Waals surface area contributed by atoms with Gasteiger partial charge in [-0.05, 0) is 0 Å². The minimum atomic E-state index is 0. The van der Waals surface area contributed by atoms with E-state index in [2.05, 4.69) is 0 Å². The van der Waals surface area contributed by atoms with Crippen LogP contribution >= 0.6 is 0 Å². The molecule has 0 amide bonds. The van der Waals surface area contributed by atoms with Gasteiger partial charge in [0.15, 0.2) is 0 Å². The fourth-order valence-electron chi connectivity index (χ4n) is 0. The molecule has 7 heavy (non-hydrogen) atoms. The summed E-state index contributed by atoms with van der Waals surface area (Å²) in [6, 6.07) is 0. The molecule has 0 aromatic rings. The maximum absolute atomic E-state index is 0. The van der Waals surface area contributed by atoms with Gasteiger partial charge in [0, 0.05) is 0 Å². The van der Waals surface area contributed by atoms with E-state index in [9.17, 15) is 0 Å². The van der Waals surface area contributed by atoms with Crippen LogP contribution in [0.5, 0.6) is 0 Å². The topological polar surface area (TPSA) is 0 Å². The fraction of sp³-hybridized carbons (Fsp3) is 0. The predicted octanol–water partition coefficient (Wildman–Crippen LogP) is -6.00. The first-order valence-corrected chi connectivity index (χ1v) is 0. The third kappa shape index (κ3) is 45.7. The zero-order valence-corrected chi connectivity index (χ0v) is 9.31. The molecule has 0 aliphatic heterocycles. The van der Waals surface area contributed by atoms with Crippen molar-refractivity contribution in [1.82, 2.24) is 0 Å². The summed E-state index contributed by atoms with van der Waals surface area (Å²) in [5, 5.41) is 0. The van der Waals surface area contributed by atoms with Crippen molar-refractivity contribution in [2.45, 2.75) is 0 Å². The van der Waals surface area contributed by atoms with Crippen molar-refractivity contribution in [2.75, 3.05) is 0 Å². The molecule has 0 atom stereocenters. The third-order valence-corrected chi connectivity index (χ3v) is 0. The Hall–Kier alpha value is 3.28. The Morgan fingerprint density at radius 2 is 0.429 bits per heavy atom. The van der Waals surface area contributed by atoms with Crippen LogP contribution in [0.2, 0.25) is 0 Å². The SMILES string of the molecule is [Li+].[Li+].[Mo+6].[S-2].[S-2].[S-2].[S-2]. The average molecular weight is 238 g/mol. The molecule has 0 saturated carbocycles. The Bertz CT molecular complexity index is 9.65. The Kier molecular flexibility index (Phi) is 694. The summed E-state index contributed by atoms with van der Waals surface area (Å²) < 4.78 is 0. The van der Waals surface area contributed by atoms with Crippen molar-refractivity contribution in [1.29, 1.82) is 0 Å². The van der Waals surface area contributed by atoms with E-state index >= 15 is 0 Å². The first-order valence-electron chi connectivity index (χ1n) is 0. The molecule has 0 heterocycles. The van der Waals surface area contributed by atoms with Crippen molar-refractivity contribution >= 4 is 54.0 Å². The number of rotatable bonds is 0. The molecule has 0 fully saturated rings. The maximum atomic E-state index is 0. The van der Waals surface area contributed by atoms with E-state index in [4.69, 9.17) is 0 Å². The minimum Gasteiger partial charge on any atom is -2.00 e. The number of hydrogen-bond acceptors (Lipinski definition) is 0. The van der Waals surface area contributed by atoms with E-state index in [1.54, 1.807) is 0 Å². The van der Waals surface area contributed by atoms with Crippen molar-refractivity contribution in [2.24, 2.45) is 0 Å². The van der Waals surface area contributed by atoms with Gasteiger partial charge >= 0.3 is 58.8 Å². The second-order valence-electron chi connectivity index (χ2n) is 0.